The molecule has 0 amide bonds. The molecule has 0 aromatic rings. The highest BCUT2D eigenvalue weighted by molar-refractivity contribution is 5.85. The lowest BCUT2D eigenvalue weighted by molar-refractivity contribution is -0.260. The third-order valence-electron chi connectivity index (χ3n) is 9.00. The standard InChI is InChI=1S/C22H32O6/c1-10-17-12(28-11(2)23)8-14-21(5)7-6-15(24)20(3,4)13(21)9-16(25)22(14,18(10)26)19(17)27/h12-14,16-19,25-27H,1,6-9H2,2-5H3/t12-,13+,14-,16+,17+,18-,19+,21+,22-/m0/s1. The summed E-state index contributed by atoms with van der Waals surface area (Å²) >= 11 is 0. The van der Waals surface area contributed by atoms with Crippen molar-refractivity contribution in [2.45, 2.75) is 77.8 Å². The molecule has 0 radical (unpaired) electrons. The van der Waals surface area contributed by atoms with Crippen molar-refractivity contribution >= 4 is 11.8 Å². The molecular formula is C22H32O6. The van der Waals surface area contributed by atoms with E-state index >= 15 is 0 Å². The molecule has 28 heavy (non-hydrogen) atoms. The smallest absolute Gasteiger partial charge is 0.302 e. The van der Waals surface area contributed by atoms with E-state index in [4.69, 9.17) is 4.74 Å². The molecule has 3 N–H and O–H groups in total. The monoisotopic (exact) mass is 392 g/mol. The Morgan fingerprint density at radius 3 is 2.39 bits per heavy atom. The molecule has 156 valence electrons. The zero-order valence-electron chi connectivity index (χ0n) is 17.1. The van der Waals surface area contributed by atoms with Gasteiger partial charge in [-0.05, 0) is 42.1 Å². The molecule has 1 spiro atoms. The zero-order chi connectivity index (χ0) is 20.8. The van der Waals surface area contributed by atoms with Crippen LogP contribution in [0, 0.1) is 34.0 Å². The van der Waals surface area contributed by atoms with E-state index in [1.54, 1.807) is 0 Å². The van der Waals surface area contributed by atoms with Gasteiger partial charge < -0.3 is 20.1 Å². The van der Waals surface area contributed by atoms with Crippen molar-refractivity contribution in [2.75, 3.05) is 0 Å². The van der Waals surface area contributed by atoms with Gasteiger partial charge in [0.25, 0.3) is 0 Å². The highest BCUT2D eigenvalue weighted by Crippen LogP contribution is 2.71. The van der Waals surface area contributed by atoms with Crippen molar-refractivity contribution in [2.24, 2.45) is 34.0 Å². The van der Waals surface area contributed by atoms with E-state index in [2.05, 4.69) is 13.5 Å². The largest absolute Gasteiger partial charge is 0.462 e. The first-order valence-electron chi connectivity index (χ1n) is 10.3. The summed E-state index contributed by atoms with van der Waals surface area (Å²) in [5.41, 5.74) is -1.64. The van der Waals surface area contributed by atoms with Gasteiger partial charge in [0, 0.05) is 24.7 Å². The molecule has 6 nitrogen and oxygen atoms in total. The Kier molecular flexibility index (Phi) is 4.22. The zero-order valence-corrected chi connectivity index (χ0v) is 17.1. The van der Waals surface area contributed by atoms with Crippen LogP contribution in [0.4, 0.5) is 0 Å². The average molecular weight is 392 g/mol. The van der Waals surface area contributed by atoms with E-state index in [9.17, 15) is 24.9 Å². The summed E-state index contributed by atoms with van der Waals surface area (Å²) in [7, 11) is 0. The molecule has 0 aromatic heterocycles. The molecule has 0 heterocycles. The maximum Gasteiger partial charge on any atom is 0.302 e. The van der Waals surface area contributed by atoms with Crippen molar-refractivity contribution in [1.82, 2.24) is 0 Å². The van der Waals surface area contributed by atoms with E-state index in [1.807, 2.05) is 13.8 Å². The minimum atomic E-state index is -1.12. The van der Waals surface area contributed by atoms with Crippen molar-refractivity contribution in [3.05, 3.63) is 12.2 Å². The maximum absolute atomic E-state index is 12.7. The molecule has 4 aliphatic carbocycles. The second-order valence-electron chi connectivity index (χ2n) is 10.3. The molecule has 0 aliphatic heterocycles. The number of rotatable bonds is 1. The van der Waals surface area contributed by atoms with Crippen LogP contribution in [0.1, 0.15) is 53.4 Å². The van der Waals surface area contributed by atoms with Crippen LogP contribution < -0.4 is 0 Å². The number of carbonyl (C=O) groups excluding carboxylic acids is 2. The minimum Gasteiger partial charge on any atom is -0.462 e. The topological polar surface area (TPSA) is 104 Å². The molecule has 4 rings (SSSR count). The second kappa shape index (κ2) is 5.89. The van der Waals surface area contributed by atoms with Crippen LogP contribution in [0.25, 0.3) is 0 Å². The number of aliphatic hydroxyl groups is 3. The number of hydrogen-bond donors (Lipinski definition) is 3. The fraction of sp³-hybridized carbons (Fsp3) is 0.818. The van der Waals surface area contributed by atoms with Gasteiger partial charge in [0.1, 0.15) is 11.9 Å². The lowest BCUT2D eigenvalue weighted by atomic mass is 9.39. The minimum absolute atomic E-state index is 0.0744. The molecule has 4 aliphatic rings. The highest BCUT2D eigenvalue weighted by atomic mass is 16.5. The van der Waals surface area contributed by atoms with Gasteiger partial charge in [-0.15, -0.1) is 0 Å². The Morgan fingerprint density at radius 1 is 1.14 bits per heavy atom. The van der Waals surface area contributed by atoms with Gasteiger partial charge in [0.2, 0.25) is 0 Å². The third kappa shape index (κ3) is 2.14. The van der Waals surface area contributed by atoms with Gasteiger partial charge in [-0.3, -0.25) is 9.59 Å². The lowest BCUT2D eigenvalue weighted by Gasteiger charge is -2.66. The summed E-state index contributed by atoms with van der Waals surface area (Å²) in [5, 5.41) is 33.8. The second-order valence-corrected chi connectivity index (χ2v) is 10.3. The Morgan fingerprint density at radius 2 is 1.79 bits per heavy atom. The van der Waals surface area contributed by atoms with Crippen molar-refractivity contribution in [3.63, 3.8) is 0 Å². The van der Waals surface area contributed by atoms with Crippen LogP contribution in [0.2, 0.25) is 0 Å². The van der Waals surface area contributed by atoms with Crippen molar-refractivity contribution in [3.8, 4) is 0 Å². The van der Waals surface area contributed by atoms with Gasteiger partial charge in [-0.2, -0.15) is 0 Å². The Hall–Kier alpha value is -1.24. The summed E-state index contributed by atoms with van der Waals surface area (Å²) < 4.78 is 5.57. The Labute approximate surface area is 166 Å². The maximum atomic E-state index is 12.7. The summed E-state index contributed by atoms with van der Waals surface area (Å²) in [5.74, 6) is -1.18. The molecule has 6 heteroatoms. The molecule has 0 saturated heterocycles. The molecule has 0 unspecified atom stereocenters. The normalized spacial score (nSPS) is 52.0. The third-order valence-corrected chi connectivity index (χ3v) is 9.00. The lowest BCUT2D eigenvalue weighted by Crippen LogP contribution is -2.70. The molecular weight excluding hydrogens is 360 g/mol. The predicted octanol–water partition coefficient (Wildman–Crippen LogP) is 1.61. The fourth-order valence-electron chi connectivity index (χ4n) is 7.69. The molecule has 0 aromatic carbocycles. The van der Waals surface area contributed by atoms with Gasteiger partial charge in [-0.25, -0.2) is 0 Å². The van der Waals surface area contributed by atoms with Crippen LogP contribution in [-0.4, -0.2) is 51.5 Å². The first-order valence-corrected chi connectivity index (χ1v) is 10.3. The molecule has 4 fully saturated rings. The Balaban J connectivity index is 1.87. The first-order chi connectivity index (χ1) is 12.9. The number of ketones is 1. The van der Waals surface area contributed by atoms with Gasteiger partial charge >= 0.3 is 5.97 Å². The van der Waals surface area contributed by atoms with Crippen LogP contribution in [0.5, 0.6) is 0 Å². The number of aliphatic hydroxyl groups excluding tert-OH is 3. The van der Waals surface area contributed by atoms with Crippen LogP contribution in [0.3, 0.4) is 0 Å². The fourth-order valence-corrected chi connectivity index (χ4v) is 7.69. The quantitative estimate of drug-likeness (QED) is 0.463. The number of Topliss-reactive ketones (excluding diaryl/α,β-unsaturated/α-hetero) is 1. The average Bonchev–Trinajstić information content (AvgIpc) is 2.72. The summed E-state index contributed by atoms with van der Waals surface area (Å²) in [6, 6.07) is 0. The van der Waals surface area contributed by atoms with E-state index in [0.29, 0.717) is 31.3 Å². The summed E-state index contributed by atoms with van der Waals surface area (Å²) in [6.07, 6.45) is -1.74. The van der Waals surface area contributed by atoms with Gasteiger partial charge in [0.05, 0.1) is 23.7 Å². The number of esters is 1. The van der Waals surface area contributed by atoms with E-state index in [0.717, 1.165) is 0 Å². The summed E-state index contributed by atoms with van der Waals surface area (Å²) in [6.45, 7) is 11.4. The van der Waals surface area contributed by atoms with Crippen LogP contribution in [-0.2, 0) is 14.3 Å². The Bertz CT molecular complexity index is 743. The predicted molar refractivity (Wildman–Crippen MR) is 101 cm³/mol. The van der Waals surface area contributed by atoms with Crippen LogP contribution in [0.15, 0.2) is 12.2 Å². The molecule has 9 atom stereocenters. The van der Waals surface area contributed by atoms with Crippen LogP contribution >= 0.6 is 0 Å². The van der Waals surface area contributed by atoms with Gasteiger partial charge in [-0.1, -0.05) is 27.4 Å². The van der Waals surface area contributed by atoms with Crippen molar-refractivity contribution < 1.29 is 29.6 Å². The molecule has 2 bridgehead atoms. The SMILES string of the molecule is C=C1[C@@H]2[C@@H](OC(C)=O)C[C@H]3[C@]4(C)CCC(=O)C(C)(C)[C@H]4C[C@@H](O)[C@]3([C@@H]2O)[C@H]1O. The van der Waals surface area contributed by atoms with E-state index in [-0.39, 0.29) is 23.0 Å². The highest BCUT2D eigenvalue weighted by Gasteiger charge is 2.75. The van der Waals surface area contributed by atoms with E-state index in [1.165, 1.54) is 6.92 Å². The number of carbonyl (C=O) groups is 2. The number of fused-ring (bicyclic) bond motifs is 3. The number of ether oxygens (including phenoxy) is 1. The summed E-state index contributed by atoms with van der Waals surface area (Å²) in [4.78, 5) is 24.4. The number of hydrogen-bond acceptors (Lipinski definition) is 6. The van der Waals surface area contributed by atoms with Crippen molar-refractivity contribution in [1.29, 1.82) is 0 Å². The first kappa shape index (κ1) is 20.0. The van der Waals surface area contributed by atoms with E-state index < -0.39 is 47.1 Å². The molecule has 4 saturated carbocycles. The van der Waals surface area contributed by atoms with Gasteiger partial charge in [0.15, 0.2) is 0 Å².